The Morgan fingerprint density at radius 2 is 1.00 bits per heavy atom. The Morgan fingerprint density at radius 1 is 0.667 bits per heavy atom. The summed E-state index contributed by atoms with van der Waals surface area (Å²) in [7, 11) is 0. The normalized spacial score (nSPS) is 17.5. The van der Waals surface area contributed by atoms with Crippen LogP contribution in [0.25, 0.3) is 0 Å². The second kappa shape index (κ2) is 11.3. The predicted molar refractivity (Wildman–Crippen MR) is 124 cm³/mol. The van der Waals surface area contributed by atoms with E-state index in [9.17, 15) is 10.2 Å². The molecule has 4 N–H and O–H groups in total. The third-order valence-corrected chi connectivity index (χ3v) is 5.59. The first kappa shape index (κ1) is 22.6. The van der Waals surface area contributed by atoms with E-state index in [0.29, 0.717) is 26.2 Å². The van der Waals surface area contributed by atoms with Crippen LogP contribution in [-0.4, -0.2) is 84.6 Å². The number of β-amino-alcohol motifs (C(OH)–C–C–N with tert-alkyl or cyclic N) is 2. The van der Waals surface area contributed by atoms with Crippen molar-refractivity contribution in [3.8, 4) is 0 Å². The van der Waals surface area contributed by atoms with Gasteiger partial charge < -0.3 is 20.8 Å². The highest BCUT2D eigenvalue weighted by Crippen LogP contribution is 2.11. The average molecular weight is 413 g/mol. The molecule has 0 amide bonds. The van der Waals surface area contributed by atoms with Crippen LogP contribution in [0.4, 0.5) is 11.4 Å². The lowest BCUT2D eigenvalue weighted by Crippen LogP contribution is -2.51. The van der Waals surface area contributed by atoms with Crippen LogP contribution in [-0.2, 0) is 0 Å². The summed E-state index contributed by atoms with van der Waals surface area (Å²) in [6.07, 6.45) is -0.802. The van der Waals surface area contributed by atoms with Gasteiger partial charge in [-0.25, -0.2) is 0 Å². The second-order valence-electron chi connectivity index (χ2n) is 8.40. The van der Waals surface area contributed by atoms with Crippen molar-refractivity contribution in [1.29, 1.82) is 0 Å². The first-order valence-electron chi connectivity index (χ1n) is 10.9. The summed E-state index contributed by atoms with van der Waals surface area (Å²) in [5, 5.41) is 27.3. The Bertz CT molecular complexity index is 677. The molecule has 2 aromatic rings. The highest BCUT2D eigenvalue weighted by molar-refractivity contribution is 5.45. The van der Waals surface area contributed by atoms with E-state index in [1.165, 1.54) is 11.1 Å². The minimum atomic E-state index is -0.401. The number of benzene rings is 2. The highest BCUT2D eigenvalue weighted by Gasteiger charge is 2.20. The average Bonchev–Trinajstić information content (AvgIpc) is 2.74. The SMILES string of the molecule is Cc1ccc(NCC(O)CN2CCN(CC(O)CNc3ccc(C)cc3)CC2)cc1. The molecular formula is C24H36N4O2. The van der Waals surface area contributed by atoms with E-state index in [4.69, 9.17) is 0 Å². The Morgan fingerprint density at radius 3 is 1.33 bits per heavy atom. The molecule has 6 heteroatoms. The van der Waals surface area contributed by atoms with Crippen molar-refractivity contribution in [3.63, 3.8) is 0 Å². The monoisotopic (exact) mass is 412 g/mol. The molecule has 3 rings (SSSR count). The first-order valence-corrected chi connectivity index (χ1v) is 10.9. The summed E-state index contributed by atoms with van der Waals surface area (Å²) in [4.78, 5) is 4.60. The van der Waals surface area contributed by atoms with Gasteiger partial charge in [-0.2, -0.15) is 0 Å². The molecule has 164 valence electrons. The first-order chi connectivity index (χ1) is 14.5. The van der Waals surface area contributed by atoms with Crippen LogP contribution in [0.3, 0.4) is 0 Å². The van der Waals surface area contributed by atoms with E-state index in [0.717, 1.165) is 37.6 Å². The summed E-state index contributed by atoms with van der Waals surface area (Å²) in [6, 6.07) is 16.4. The zero-order valence-corrected chi connectivity index (χ0v) is 18.2. The number of nitrogens with one attached hydrogen (secondary N) is 2. The smallest absolute Gasteiger partial charge is 0.0839 e. The third-order valence-electron chi connectivity index (χ3n) is 5.59. The van der Waals surface area contributed by atoms with Gasteiger partial charge in [0.15, 0.2) is 0 Å². The van der Waals surface area contributed by atoms with E-state index in [2.05, 4.69) is 58.5 Å². The van der Waals surface area contributed by atoms with Gasteiger partial charge in [0.25, 0.3) is 0 Å². The molecule has 2 atom stereocenters. The van der Waals surface area contributed by atoms with Crippen molar-refractivity contribution in [3.05, 3.63) is 59.7 Å². The lowest BCUT2D eigenvalue weighted by Gasteiger charge is -2.36. The third kappa shape index (κ3) is 7.61. The van der Waals surface area contributed by atoms with Crippen LogP contribution in [0.15, 0.2) is 48.5 Å². The molecule has 0 aliphatic carbocycles. The van der Waals surface area contributed by atoms with Gasteiger partial charge in [-0.3, -0.25) is 9.80 Å². The van der Waals surface area contributed by atoms with E-state index >= 15 is 0 Å². The van der Waals surface area contributed by atoms with Gasteiger partial charge in [-0.1, -0.05) is 35.4 Å². The lowest BCUT2D eigenvalue weighted by atomic mass is 10.2. The fourth-order valence-electron chi connectivity index (χ4n) is 3.69. The molecule has 1 aliphatic rings. The van der Waals surface area contributed by atoms with Crippen molar-refractivity contribution >= 4 is 11.4 Å². The zero-order valence-electron chi connectivity index (χ0n) is 18.2. The van der Waals surface area contributed by atoms with Crippen molar-refractivity contribution in [1.82, 2.24) is 9.80 Å². The van der Waals surface area contributed by atoms with Gasteiger partial charge in [0.2, 0.25) is 0 Å². The molecule has 0 spiro atoms. The van der Waals surface area contributed by atoms with Crippen LogP contribution < -0.4 is 10.6 Å². The lowest BCUT2D eigenvalue weighted by molar-refractivity contribution is 0.0548. The summed E-state index contributed by atoms with van der Waals surface area (Å²) < 4.78 is 0. The number of piperazine rings is 1. The Hall–Kier alpha value is -2.12. The van der Waals surface area contributed by atoms with Crippen molar-refractivity contribution in [2.24, 2.45) is 0 Å². The molecule has 30 heavy (non-hydrogen) atoms. The number of hydrogen-bond acceptors (Lipinski definition) is 6. The van der Waals surface area contributed by atoms with Crippen molar-refractivity contribution in [2.75, 3.05) is 63.0 Å². The topological polar surface area (TPSA) is 71.0 Å². The van der Waals surface area contributed by atoms with Crippen LogP contribution in [0, 0.1) is 13.8 Å². The Kier molecular flexibility index (Phi) is 8.51. The molecule has 1 aliphatic heterocycles. The molecule has 2 aromatic carbocycles. The van der Waals surface area contributed by atoms with Crippen LogP contribution >= 0.6 is 0 Å². The van der Waals surface area contributed by atoms with Gasteiger partial charge >= 0.3 is 0 Å². The number of rotatable bonds is 10. The van der Waals surface area contributed by atoms with Crippen molar-refractivity contribution in [2.45, 2.75) is 26.1 Å². The fraction of sp³-hybridized carbons (Fsp3) is 0.500. The van der Waals surface area contributed by atoms with Gasteiger partial charge in [-0.15, -0.1) is 0 Å². The molecular weight excluding hydrogens is 376 g/mol. The van der Waals surface area contributed by atoms with E-state index in [1.807, 2.05) is 24.3 Å². The maximum absolute atomic E-state index is 10.4. The maximum atomic E-state index is 10.4. The number of aliphatic hydroxyl groups is 2. The molecule has 1 fully saturated rings. The van der Waals surface area contributed by atoms with Crippen LogP contribution in [0.5, 0.6) is 0 Å². The maximum Gasteiger partial charge on any atom is 0.0839 e. The molecule has 0 radical (unpaired) electrons. The van der Waals surface area contributed by atoms with Crippen molar-refractivity contribution < 1.29 is 10.2 Å². The molecule has 0 aromatic heterocycles. The largest absolute Gasteiger partial charge is 0.390 e. The molecule has 2 unspecified atom stereocenters. The van der Waals surface area contributed by atoms with E-state index in [-0.39, 0.29) is 0 Å². The van der Waals surface area contributed by atoms with E-state index < -0.39 is 12.2 Å². The fourth-order valence-corrected chi connectivity index (χ4v) is 3.69. The number of aryl methyl sites for hydroxylation is 2. The molecule has 0 bridgehead atoms. The van der Waals surface area contributed by atoms with Crippen LogP contribution in [0.2, 0.25) is 0 Å². The zero-order chi connectivity index (χ0) is 21.3. The Balaban J connectivity index is 1.30. The number of nitrogens with zero attached hydrogens (tertiary/aromatic N) is 2. The van der Waals surface area contributed by atoms with Crippen LogP contribution in [0.1, 0.15) is 11.1 Å². The molecule has 6 nitrogen and oxygen atoms in total. The van der Waals surface area contributed by atoms with Gasteiger partial charge in [-0.05, 0) is 38.1 Å². The number of anilines is 2. The van der Waals surface area contributed by atoms with Gasteiger partial charge in [0.1, 0.15) is 0 Å². The van der Waals surface area contributed by atoms with Gasteiger partial charge in [0, 0.05) is 63.7 Å². The second-order valence-corrected chi connectivity index (χ2v) is 8.40. The standard InChI is InChI=1S/C24H36N4O2/c1-19-3-7-21(8-4-19)25-15-23(29)17-27-11-13-28(14-12-27)18-24(30)16-26-22-9-5-20(2)6-10-22/h3-10,23-26,29-30H,11-18H2,1-2H3. The minimum Gasteiger partial charge on any atom is -0.390 e. The molecule has 1 saturated heterocycles. The van der Waals surface area contributed by atoms with Gasteiger partial charge in [0.05, 0.1) is 12.2 Å². The number of aliphatic hydroxyl groups excluding tert-OH is 2. The molecule has 1 heterocycles. The predicted octanol–water partition coefficient (Wildman–Crippen LogP) is 2.17. The Labute approximate surface area is 180 Å². The number of hydrogen-bond donors (Lipinski definition) is 4. The summed E-state index contributed by atoms with van der Waals surface area (Å²) in [5.41, 5.74) is 4.54. The van der Waals surface area contributed by atoms with E-state index in [1.54, 1.807) is 0 Å². The summed E-state index contributed by atoms with van der Waals surface area (Å²) >= 11 is 0. The molecule has 0 saturated carbocycles. The quantitative estimate of drug-likeness (QED) is 0.480. The minimum absolute atomic E-state index is 0.401. The highest BCUT2D eigenvalue weighted by atomic mass is 16.3. The summed E-state index contributed by atoms with van der Waals surface area (Å²) in [5.74, 6) is 0. The summed E-state index contributed by atoms with van der Waals surface area (Å²) in [6.45, 7) is 10.2.